The molecule has 0 unspecified atom stereocenters. The maximum atomic E-state index is 10.4. The van der Waals surface area contributed by atoms with Crippen molar-refractivity contribution in [3.63, 3.8) is 0 Å². The summed E-state index contributed by atoms with van der Waals surface area (Å²) in [6.45, 7) is 0.787. The van der Waals surface area contributed by atoms with E-state index in [-0.39, 0.29) is 24.0 Å². The molecular weight excluding hydrogens is 212 g/mol. The number of ether oxygens (including phenoxy) is 2. The van der Waals surface area contributed by atoms with Crippen LogP contribution in [0, 0.1) is 0 Å². The molecule has 2 N–H and O–H groups in total. The summed E-state index contributed by atoms with van der Waals surface area (Å²) < 4.78 is 9.79. The van der Waals surface area contributed by atoms with Crippen molar-refractivity contribution in [1.29, 1.82) is 0 Å². The number of aromatic amines is 1. The highest BCUT2D eigenvalue weighted by molar-refractivity contribution is 5.85. The van der Waals surface area contributed by atoms with Gasteiger partial charge in [0.05, 0.1) is 6.61 Å². The molecule has 0 saturated heterocycles. The molecule has 0 spiro atoms. The molecule has 0 bridgehead atoms. The zero-order valence-corrected chi connectivity index (χ0v) is 8.34. The Balaban J connectivity index is 0.00000169. The number of hydrogen-bond donors (Lipinski definition) is 2. The summed E-state index contributed by atoms with van der Waals surface area (Å²) >= 11 is 0. The molecule has 14 heavy (non-hydrogen) atoms. The number of carboxylic acid groups (broad SMARTS) is 1. The van der Waals surface area contributed by atoms with E-state index in [1.54, 1.807) is 7.11 Å². The Morgan fingerprint density at radius 1 is 1.64 bits per heavy atom. The van der Waals surface area contributed by atoms with Gasteiger partial charge in [0.15, 0.2) is 0 Å². The molecule has 0 aliphatic heterocycles. The first-order valence-electron chi connectivity index (χ1n) is 3.64. The Labute approximate surface area is 86.6 Å². The summed E-state index contributed by atoms with van der Waals surface area (Å²) in [6.07, 6.45) is 0. The first-order chi connectivity index (χ1) is 6.24. The SMILES string of the molecule is COCCOc1cc(C(=O)O)[nH]n1.Cl. The lowest BCUT2D eigenvalue weighted by molar-refractivity contribution is 0.0690. The number of carbonyl (C=O) groups is 1. The number of rotatable bonds is 5. The highest BCUT2D eigenvalue weighted by Gasteiger charge is 2.07. The molecule has 1 rings (SSSR count). The molecule has 0 amide bonds. The van der Waals surface area contributed by atoms with Gasteiger partial charge in [-0.15, -0.1) is 17.5 Å². The number of aromatic carboxylic acids is 1. The third kappa shape index (κ3) is 3.63. The van der Waals surface area contributed by atoms with E-state index in [9.17, 15) is 4.79 Å². The van der Waals surface area contributed by atoms with E-state index in [1.165, 1.54) is 6.07 Å². The lowest BCUT2D eigenvalue weighted by Gasteiger charge is -1.99. The molecule has 0 aliphatic carbocycles. The lowest BCUT2D eigenvalue weighted by Crippen LogP contribution is -2.04. The van der Waals surface area contributed by atoms with Crippen LogP contribution in [0.4, 0.5) is 0 Å². The molecule has 0 saturated carbocycles. The summed E-state index contributed by atoms with van der Waals surface area (Å²) in [5.74, 6) is -0.802. The first kappa shape index (κ1) is 12.7. The Morgan fingerprint density at radius 3 is 2.86 bits per heavy atom. The van der Waals surface area contributed by atoms with E-state index in [0.717, 1.165) is 0 Å². The summed E-state index contributed by atoms with van der Waals surface area (Å²) in [5.41, 5.74) is 0.00687. The molecule has 0 radical (unpaired) electrons. The highest BCUT2D eigenvalue weighted by atomic mass is 35.5. The van der Waals surface area contributed by atoms with Gasteiger partial charge < -0.3 is 14.6 Å². The van der Waals surface area contributed by atoms with Gasteiger partial charge in [-0.1, -0.05) is 0 Å². The van der Waals surface area contributed by atoms with Crippen LogP contribution in [-0.4, -0.2) is 41.6 Å². The molecule has 1 aromatic rings. The molecule has 0 atom stereocenters. The molecule has 1 aromatic heterocycles. The van der Waals surface area contributed by atoms with E-state index in [0.29, 0.717) is 13.2 Å². The van der Waals surface area contributed by atoms with Crippen molar-refractivity contribution in [2.24, 2.45) is 0 Å². The average molecular weight is 223 g/mol. The van der Waals surface area contributed by atoms with Gasteiger partial charge in [-0.2, -0.15) is 0 Å². The van der Waals surface area contributed by atoms with Crippen molar-refractivity contribution < 1.29 is 19.4 Å². The topological polar surface area (TPSA) is 84.4 Å². The summed E-state index contributed by atoms with van der Waals surface area (Å²) in [5, 5.41) is 14.5. The minimum atomic E-state index is -1.06. The second kappa shape index (κ2) is 6.22. The second-order valence-electron chi connectivity index (χ2n) is 2.27. The third-order valence-electron chi connectivity index (χ3n) is 1.32. The van der Waals surface area contributed by atoms with Crippen LogP contribution in [0.15, 0.2) is 6.07 Å². The molecule has 1 heterocycles. The van der Waals surface area contributed by atoms with E-state index >= 15 is 0 Å². The van der Waals surface area contributed by atoms with Crippen LogP contribution in [0.5, 0.6) is 5.88 Å². The lowest BCUT2D eigenvalue weighted by atomic mass is 10.4. The Kier molecular flexibility index (Phi) is 5.66. The molecule has 0 fully saturated rings. The van der Waals surface area contributed by atoms with Crippen molar-refractivity contribution in [3.8, 4) is 5.88 Å². The summed E-state index contributed by atoms with van der Waals surface area (Å²) in [6, 6.07) is 1.32. The third-order valence-corrected chi connectivity index (χ3v) is 1.32. The fraction of sp³-hybridized carbons (Fsp3) is 0.429. The predicted molar refractivity (Wildman–Crippen MR) is 50.2 cm³/mol. The molecule has 6 nitrogen and oxygen atoms in total. The van der Waals surface area contributed by atoms with Crippen LogP contribution in [0.3, 0.4) is 0 Å². The van der Waals surface area contributed by atoms with Crippen LogP contribution in [0.1, 0.15) is 10.5 Å². The fourth-order valence-corrected chi connectivity index (χ4v) is 0.716. The summed E-state index contributed by atoms with van der Waals surface area (Å²) in [7, 11) is 1.55. The van der Waals surface area contributed by atoms with Crippen molar-refractivity contribution in [2.75, 3.05) is 20.3 Å². The largest absolute Gasteiger partial charge is 0.477 e. The van der Waals surface area contributed by atoms with Gasteiger partial charge in [0.2, 0.25) is 5.88 Å². The van der Waals surface area contributed by atoms with Crippen LogP contribution in [-0.2, 0) is 4.74 Å². The zero-order valence-electron chi connectivity index (χ0n) is 7.52. The van der Waals surface area contributed by atoms with Gasteiger partial charge in [0, 0.05) is 13.2 Å². The second-order valence-corrected chi connectivity index (χ2v) is 2.27. The van der Waals surface area contributed by atoms with Crippen LogP contribution in [0.25, 0.3) is 0 Å². The van der Waals surface area contributed by atoms with Crippen molar-refractivity contribution >= 4 is 18.4 Å². The van der Waals surface area contributed by atoms with Crippen molar-refractivity contribution in [1.82, 2.24) is 10.2 Å². The van der Waals surface area contributed by atoms with Gasteiger partial charge in [-0.25, -0.2) is 4.79 Å². The van der Waals surface area contributed by atoms with Crippen LogP contribution < -0.4 is 4.74 Å². The minimum Gasteiger partial charge on any atom is -0.477 e. The van der Waals surface area contributed by atoms with Crippen LogP contribution in [0.2, 0.25) is 0 Å². The van der Waals surface area contributed by atoms with Crippen molar-refractivity contribution in [3.05, 3.63) is 11.8 Å². The normalized spacial score (nSPS) is 9.21. The molecule has 80 valence electrons. The minimum absolute atomic E-state index is 0. The van der Waals surface area contributed by atoms with Gasteiger partial charge in [-0.05, 0) is 0 Å². The molecule has 7 heteroatoms. The van der Waals surface area contributed by atoms with E-state index < -0.39 is 5.97 Å². The molecule has 0 aromatic carbocycles. The zero-order chi connectivity index (χ0) is 9.68. The Morgan fingerprint density at radius 2 is 2.36 bits per heavy atom. The highest BCUT2D eigenvalue weighted by Crippen LogP contribution is 2.07. The molecular formula is C7H11ClN2O4. The van der Waals surface area contributed by atoms with Crippen LogP contribution >= 0.6 is 12.4 Å². The van der Waals surface area contributed by atoms with Gasteiger partial charge in [-0.3, -0.25) is 5.10 Å². The van der Waals surface area contributed by atoms with E-state index in [2.05, 4.69) is 10.2 Å². The number of nitrogens with one attached hydrogen (secondary N) is 1. The fourth-order valence-electron chi connectivity index (χ4n) is 0.716. The monoisotopic (exact) mass is 222 g/mol. The number of carboxylic acids is 1. The van der Waals surface area contributed by atoms with E-state index in [1.807, 2.05) is 0 Å². The van der Waals surface area contributed by atoms with Gasteiger partial charge in [0.25, 0.3) is 0 Å². The maximum absolute atomic E-state index is 10.4. The average Bonchev–Trinajstić information content (AvgIpc) is 2.53. The number of nitrogens with zero attached hydrogens (tertiary/aromatic N) is 1. The van der Waals surface area contributed by atoms with Crippen molar-refractivity contribution in [2.45, 2.75) is 0 Å². The van der Waals surface area contributed by atoms with Gasteiger partial charge >= 0.3 is 5.97 Å². The standard InChI is InChI=1S/C7H10N2O4.ClH/c1-12-2-3-13-6-4-5(7(10)11)8-9-6;/h4H,2-3H2,1H3,(H,8,9)(H,10,11);1H. The Hall–Kier alpha value is -1.27. The predicted octanol–water partition coefficient (Wildman–Crippen LogP) is 0.555. The smallest absolute Gasteiger partial charge is 0.354 e. The van der Waals surface area contributed by atoms with E-state index in [4.69, 9.17) is 14.6 Å². The quantitative estimate of drug-likeness (QED) is 0.711. The maximum Gasteiger partial charge on any atom is 0.354 e. The number of H-pyrrole nitrogens is 1. The number of hydrogen-bond acceptors (Lipinski definition) is 4. The first-order valence-corrected chi connectivity index (χ1v) is 3.64. The van der Waals surface area contributed by atoms with Gasteiger partial charge in [0.1, 0.15) is 12.3 Å². The summed E-state index contributed by atoms with van der Waals surface area (Å²) in [4.78, 5) is 10.4. The number of aromatic nitrogens is 2. The number of methoxy groups -OCH3 is 1. The number of halogens is 1. The molecule has 0 aliphatic rings. The Bertz CT molecular complexity index is 289.